The first-order valence-corrected chi connectivity index (χ1v) is 5.62. The number of ether oxygens (including phenoxy) is 1. The van der Waals surface area contributed by atoms with Crippen molar-refractivity contribution in [3.8, 4) is 5.75 Å². The van der Waals surface area contributed by atoms with E-state index in [0.29, 0.717) is 5.75 Å². The minimum absolute atomic E-state index is 0.110. The van der Waals surface area contributed by atoms with Crippen LogP contribution in [0.3, 0.4) is 0 Å². The fourth-order valence-electron chi connectivity index (χ4n) is 1.41. The molecule has 0 spiro atoms. The van der Waals surface area contributed by atoms with Crippen LogP contribution in [0, 0.1) is 0 Å². The molecule has 94 valence electrons. The molecule has 0 aliphatic carbocycles. The van der Waals surface area contributed by atoms with Gasteiger partial charge in [-0.3, -0.25) is 10.2 Å². The number of amides is 1. The van der Waals surface area contributed by atoms with Crippen LogP contribution in [0.25, 0.3) is 0 Å². The molecule has 1 aromatic carbocycles. The number of hydrazine groups is 1. The van der Waals surface area contributed by atoms with Crippen LogP contribution >= 0.6 is 0 Å². The highest BCUT2D eigenvalue weighted by atomic mass is 16.5. The van der Waals surface area contributed by atoms with Crippen LogP contribution in [0.5, 0.6) is 5.75 Å². The molecule has 0 aliphatic heterocycles. The Kier molecular flexibility index (Phi) is 4.12. The lowest BCUT2D eigenvalue weighted by molar-refractivity contribution is -0.127. The van der Waals surface area contributed by atoms with Gasteiger partial charge < -0.3 is 4.74 Å². The van der Waals surface area contributed by atoms with Gasteiger partial charge in [0.1, 0.15) is 5.75 Å². The molecule has 1 amide bonds. The van der Waals surface area contributed by atoms with Crippen molar-refractivity contribution in [2.24, 2.45) is 5.84 Å². The summed E-state index contributed by atoms with van der Waals surface area (Å²) in [4.78, 5) is 11.2. The molecule has 0 aliphatic rings. The Hall–Kier alpha value is -1.55. The van der Waals surface area contributed by atoms with Crippen LogP contribution in [-0.4, -0.2) is 12.0 Å². The lowest BCUT2D eigenvalue weighted by Gasteiger charge is -2.19. The molecular weight excluding hydrogens is 216 g/mol. The van der Waals surface area contributed by atoms with E-state index in [1.54, 1.807) is 6.92 Å². The zero-order valence-electron chi connectivity index (χ0n) is 10.8. The molecule has 0 heterocycles. The van der Waals surface area contributed by atoms with E-state index in [-0.39, 0.29) is 11.3 Å². The van der Waals surface area contributed by atoms with Crippen LogP contribution in [0.4, 0.5) is 0 Å². The van der Waals surface area contributed by atoms with Crippen molar-refractivity contribution in [2.75, 3.05) is 0 Å². The quantitative estimate of drug-likeness (QED) is 0.477. The normalized spacial score (nSPS) is 13.0. The van der Waals surface area contributed by atoms with Gasteiger partial charge >= 0.3 is 0 Å². The van der Waals surface area contributed by atoms with Gasteiger partial charge in [-0.1, -0.05) is 32.9 Å². The average Bonchev–Trinajstić information content (AvgIpc) is 2.27. The van der Waals surface area contributed by atoms with E-state index < -0.39 is 6.10 Å². The van der Waals surface area contributed by atoms with Crippen molar-refractivity contribution >= 4 is 5.91 Å². The molecule has 1 atom stereocenters. The summed E-state index contributed by atoms with van der Waals surface area (Å²) in [5.74, 6) is 5.35. The van der Waals surface area contributed by atoms with Crippen LogP contribution in [-0.2, 0) is 10.2 Å². The topological polar surface area (TPSA) is 64.3 Å². The van der Waals surface area contributed by atoms with Gasteiger partial charge in [0.15, 0.2) is 6.10 Å². The second-order valence-corrected chi connectivity index (χ2v) is 5.04. The van der Waals surface area contributed by atoms with Gasteiger partial charge in [0.25, 0.3) is 5.91 Å². The monoisotopic (exact) mass is 236 g/mol. The Morgan fingerprint density at radius 1 is 1.29 bits per heavy atom. The molecule has 17 heavy (non-hydrogen) atoms. The number of hydrogen-bond donors (Lipinski definition) is 2. The predicted molar refractivity (Wildman–Crippen MR) is 67.6 cm³/mol. The number of nitrogens with two attached hydrogens (primary N) is 1. The summed E-state index contributed by atoms with van der Waals surface area (Å²) < 4.78 is 5.44. The van der Waals surface area contributed by atoms with Crippen LogP contribution in [0.15, 0.2) is 24.3 Å². The van der Waals surface area contributed by atoms with E-state index in [1.807, 2.05) is 24.3 Å². The van der Waals surface area contributed by atoms with Crippen LogP contribution in [0.1, 0.15) is 33.3 Å². The third-order valence-corrected chi connectivity index (χ3v) is 2.54. The maximum absolute atomic E-state index is 11.2. The maximum Gasteiger partial charge on any atom is 0.274 e. The van der Waals surface area contributed by atoms with Crippen molar-refractivity contribution in [3.05, 3.63) is 29.8 Å². The fourth-order valence-corrected chi connectivity index (χ4v) is 1.41. The molecule has 0 saturated carbocycles. The van der Waals surface area contributed by atoms with Crippen molar-refractivity contribution in [3.63, 3.8) is 0 Å². The number of hydrogen-bond acceptors (Lipinski definition) is 3. The number of carbonyl (C=O) groups excluding carboxylic acids is 1. The third-order valence-electron chi connectivity index (χ3n) is 2.54. The Morgan fingerprint density at radius 3 is 2.24 bits per heavy atom. The Bertz CT molecular complexity index is 379. The van der Waals surface area contributed by atoms with Crippen molar-refractivity contribution in [1.29, 1.82) is 0 Å². The van der Waals surface area contributed by atoms with E-state index in [2.05, 4.69) is 26.2 Å². The van der Waals surface area contributed by atoms with E-state index in [4.69, 9.17) is 10.6 Å². The minimum atomic E-state index is -0.597. The summed E-state index contributed by atoms with van der Waals surface area (Å²) in [5.41, 5.74) is 3.39. The first kappa shape index (κ1) is 13.5. The predicted octanol–water partition coefficient (Wildman–Crippen LogP) is 1.74. The lowest BCUT2D eigenvalue weighted by Crippen LogP contribution is -2.40. The van der Waals surface area contributed by atoms with E-state index in [1.165, 1.54) is 5.56 Å². The molecule has 0 bridgehead atoms. The molecule has 0 fully saturated rings. The molecule has 4 nitrogen and oxygen atoms in total. The Labute approximate surface area is 102 Å². The van der Waals surface area contributed by atoms with E-state index in [9.17, 15) is 4.79 Å². The van der Waals surface area contributed by atoms with Crippen LogP contribution in [0.2, 0.25) is 0 Å². The van der Waals surface area contributed by atoms with Gasteiger partial charge in [0.2, 0.25) is 0 Å². The standard InChI is InChI=1S/C13H20N2O2/c1-9(12(16)15-14)17-11-7-5-10(6-8-11)13(2,3)4/h5-9H,14H2,1-4H3,(H,15,16). The largest absolute Gasteiger partial charge is 0.481 e. The highest BCUT2D eigenvalue weighted by molar-refractivity contribution is 5.80. The van der Waals surface area contributed by atoms with Crippen molar-refractivity contribution in [2.45, 2.75) is 39.2 Å². The first-order valence-electron chi connectivity index (χ1n) is 5.62. The third kappa shape index (κ3) is 3.75. The SMILES string of the molecule is CC(Oc1ccc(C(C)(C)C)cc1)C(=O)NN. The Morgan fingerprint density at radius 2 is 1.82 bits per heavy atom. The highest BCUT2D eigenvalue weighted by Gasteiger charge is 2.15. The van der Waals surface area contributed by atoms with Crippen molar-refractivity contribution in [1.82, 2.24) is 5.43 Å². The summed E-state index contributed by atoms with van der Waals surface area (Å²) in [7, 11) is 0. The molecule has 0 saturated heterocycles. The lowest BCUT2D eigenvalue weighted by atomic mass is 9.87. The Balaban J connectivity index is 2.72. The fraction of sp³-hybridized carbons (Fsp3) is 0.462. The van der Waals surface area contributed by atoms with Gasteiger partial charge in [-0.15, -0.1) is 0 Å². The van der Waals surface area contributed by atoms with Crippen LogP contribution < -0.4 is 16.0 Å². The molecule has 0 radical (unpaired) electrons. The first-order chi connectivity index (χ1) is 7.84. The summed E-state index contributed by atoms with van der Waals surface area (Å²) in [6.45, 7) is 8.09. The maximum atomic E-state index is 11.2. The number of carbonyl (C=O) groups is 1. The van der Waals surface area contributed by atoms with E-state index in [0.717, 1.165) is 0 Å². The molecule has 4 heteroatoms. The number of benzene rings is 1. The number of nitrogens with one attached hydrogen (secondary N) is 1. The average molecular weight is 236 g/mol. The summed E-state index contributed by atoms with van der Waals surface area (Å²) in [5, 5.41) is 0. The molecule has 0 aromatic heterocycles. The van der Waals surface area contributed by atoms with E-state index >= 15 is 0 Å². The molecule has 1 unspecified atom stereocenters. The highest BCUT2D eigenvalue weighted by Crippen LogP contribution is 2.24. The van der Waals surface area contributed by atoms with Gasteiger partial charge in [-0.2, -0.15) is 0 Å². The van der Waals surface area contributed by atoms with Gasteiger partial charge in [-0.25, -0.2) is 5.84 Å². The zero-order valence-corrected chi connectivity index (χ0v) is 10.8. The minimum Gasteiger partial charge on any atom is -0.481 e. The molecule has 3 N–H and O–H groups in total. The molecule has 1 rings (SSSR count). The zero-order chi connectivity index (χ0) is 13.1. The van der Waals surface area contributed by atoms with Gasteiger partial charge in [0, 0.05) is 0 Å². The summed E-state index contributed by atoms with van der Waals surface area (Å²) >= 11 is 0. The second-order valence-electron chi connectivity index (χ2n) is 5.04. The number of rotatable bonds is 3. The summed E-state index contributed by atoms with van der Waals surface area (Å²) in [6.07, 6.45) is -0.597. The molecule has 1 aromatic rings. The van der Waals surface area contributed by atoms with Crippen molar-refractivity contribution < 1.29 is 9.53 Å². The molecular formula is C13H20N2O2. The second kappa shape index (κ2) is 5.19. The van der Waals surface area contributed by atoms with Gasteiger partial charge in [0.05, 0.1) is 0 Å². The summed E-state index contributed by atoms with van der Waals surface area (Å²) in [6, 6.07) is 7.73. The van der Waals surface area contributed by atoms with Gasteiger partial charge in [-0.05, 0) is 30.0 Å². The smallest absolute Gasteiger partial charge is 0.274 e.